The highest BCUT2D eigenvalue weighted by atomic mass is 16.5. The van der Waals surface area contributed by atoms with Crippen LogP contribution in [-0.4, -0.2) is 31.3 Å². The van der Waals surface area contributed by atoms with Crippen LogP contribution >= 0.6 is 0 Å². The van der Waals surface area contributed by atoms with Crippen molar-refractivity contribution in [1.82, 2.24) is 24.3 Å². The Bertz CT molecular complexity index is 1440. The zero-order valence-corrected chi connectivity index (χ0v) is 18.3. The number of nitrogens with zero attached hydrogens (tertiary/aromatic N) is 5. The average Bonchev–Trinajstić information content (AvgIpc) is 3.47. The minimum Gasteiger partial charge on any atom is -0.554 e. The Hall–Kier alpha value is -4.47. The van der Waals surface area contributed by atoms with Crippen LogP contribution in [-0.2, 0) is 18.4 Å². The van der Waals surface area contributed by atoms with E-state index < -0.39 is 6.47 Å². The van der Waals surface area contributed by atoms with Crippen molar-refractivity contribution in [3.05, 3.63) is 77.8 Å². The number of hydrogen-bond acceptors (Lipinski definition) is 6. The smallest absolute Gasteiger partial charge is 0.286 e. The van der Waals surface area contributed by atoms with E-state index in [0.29, 0.717) is 17.8 Å². The lowest BCUT2D eigenvalue weighted by molar-refractivity contribution is -0.652. The number of carbonyl (C=O) groups excluding carboxylic acids is 2. The Morgan fingerprint density at radius 3 is 2.76 bits per heavy atom. The zero-order chi connectivity index (χ0) is 23.5. The molecule has 0 aliphatic rings. The van der Waals surface area contributed by atoms with Gasteiger partial charge in [0, 0.05) is 24.3 Å². The first kappa shape index (κ1) is 21.8. The fraction of sp³-hybridized carbons (Fsp3) is 0.174. The van der Waals surface area contributed by atoms with E-state index in [0.717, 1.165) is 34.1 Å². The van der Waals surface area contributed by atoms with Crippen LogP contribution in [0.25, 0.3) is 22.6 Å². The lowest BCUT2D eigenvalue weighted by atomic mass is 10.1. The SMILES string of the molecule is Cc1noc(C)c1-c1cnc2cc(C(=O)NCc3cn4ccccc4[n+]3C)ccn12.O=C[O-]. The normalized spacial score (nSPS) is 10.8. The molecule has 0 radical (unpaired) electrons. The van der Waals surface area contributed by atoms with Crippen molar-refractivity contribution >= 4 is 23.7 Å². The van der Waals surface area contributed by atoms with Gasteiger partial charge in [-0.2, -0.15) is 0 Å². The molecule has 0 aromatic carbocycles. The van der Waals surface area contributed by atoms with E-state index in [1.54, 1.807) is 18.3 Å². The molecule has 0 fully saturated rings. The number of hydrogen-bond donors (Lipinski definition) is 1. The minimum absolute atomic E-state index is 0.144. The fourth-order valence-corrected chi connectivity index (χ4v) is 3.83. The van der Waals surface area contributed by atoms with Gasteiger partial charge in [-0.15, -0.1) is 0 Å². The van der Waals surface area contributed by atoms with Crippen molar-refractivity contribution in [3.63, 3.8) is 0 Å². The van der Waals surface area contributed by atoms with Crippen molar-refractivity contribution in [3.8, 4) is 11.3 Å². The van der Waals surface area contributed by atoms with Gasteiger partial charge in [-0.05, 0) is 32.0 Å². The van der Waals surface area contributed by atoms with Gasteiger partial charge in [0.25, 0.3) is 11.6 Å². The van der Waals surface area contributed by atoms with Gasteiger partial charge in [-0.3, -0.25) is 9.20 Å². The number of nitrogens with one attached hydrogen (secondary N) is 1. The van der Waals surface area contributed by atoms with Crippen LogP contribution in [0.15, 0.2) is 59.6 Å². The molecular formula is C23H22N6O4. The van der Waals surface area contributed by atoms with Crippen LogP contribution < -0.4 is 15.0 Å². The summed E-state index contributed by atoms with van der Waals surface area (Å²) in [6.45, 7) is 3.71. The largest absolute Gasteiger partial charge is 0.554 e. The van der Waals surface area contributed by atoms with Gasteiger partial charge < -0.3 is 19.7 Å². The standard InChI is InChI=1S/C22H20N6O2.CH2O2/c1-14-21(15(2)30-25-14)18-12-23-19-10-16(7-9-28(18)19)22(29)24-11-17-13-27-8-5-4-6-20(27)26(17)3;2-1-3/h4-10,12-13H,11H2,1-3H3;1H,(H,2,3). The molecule has 0 aliphatic heterocycles. The Balaban J connectivity index is 0.000000821. The number of aryl methyl sites for hydroxylation is 3. The molecule has 0 unspecified atom stereocenters. The quantitative estimate of drug-likeness (QED) is 0.325. The molecular weight excluding hydrogens is 424 g/mol. The lowest BCUT2D eigenvalue weighted by Crippen LogP contribution is -2.35. The van der Waals surface area contributed by atoms with Crippen molar-refractivity contribution in [2.24, 2.45) is 7.05 Å². The molecule has 0 bridgehead atoms. The molecule has 0 saturated carbocycles. The molecule has 5 heterocycles. The minimum atomic E-state index is -0.500. The second-order valence-electron chi connectivity index (χ2n) is 7.41. The summed E-state index contributed by atoms with van der Waals surface area (Å²) in [4.78, 5) is 25.5. The van der Waals surface area contributed by atoms with E-state index in [9.17, 15) is 4.79 Å². The third kappa shape index (κ3) is 4.05. The molecule has 0 aliphatic carbocycles. The van der Waals surface area contributed by atoms with Gasteiger partial charge in [-0.25, -0.2) is 14.0 Å². The lowest BCUT2D eigenvalue weighted by Gasteiger charge is -2.05. The number of carboxylic acid groups (broad SMARTS) is 1. The van der Waals surface area contributed by atoms with Crippen LogP contribution in [0.3, 0.4) is 0 Å². The number of carbonyl (C=O) groups is 2. The average molecular weight is 446 g/mol. The van der Waals surface area contributed by atoms with E-state index in [1.165, 1.54) is 0 Å². The summed E-state index contributed by atoms with van der Waals surface area (Å²) in [5.41, 5.74) is 5.95. The Morgan fingerprint density at radius 1 is 1.27 bits per heavy atom. The van der Waals surface area contributed by atoms with Gasteiger partial charge >= 0.3 is 0 Å². The molecule has 10 heteroatoms. The van der Waals surface area contributed by atoms with Gasteiger partial charge in [-0.1, -0.05) is 11.2 Å². The number of aromatic nitrogens is 5. The van der Waals surface area contributed by atoms with E-state index in [-0.39, 0.29) is 5.91 Å². The highest BCUT2D eigenvalue weighted by molar-refractivity contribution is 5.95. The summed E-state index contributed by atoms with van der Waals surface area (Å²) in [6.07, 6.45) is 7.63. The summed E-state index contributed by atoms with van der Waals surface area (Å²) in [6, 6.07) is 9.59. The van der Waals surface area contributed by atoms with Crippen LogP contribution in [0.1, 0.15) is 27.5 Å². The molecule has 0 saturated heterocycles. The predicted molar refractivity (Wildman–Crippen MR) is 116 cm³/mol. The highest BCUT2D eigenvalue weighted by Crippen LogP contribution is 2.27. The number of rotatable bonds is 4. The number of fused-ring (bicyclic) bond motifs is 2. The maximum atomic E-state index is 12.7. The van der Waals surface area contributed by atoms with Crippen molar-refractivity contribution in [2.45, 2.75) is 20.4 Å². The third-order valence-electron chi connectivity index (χ3n) is 5.43. The van der Waals surface area contributed by atoms with Crippen LogP contribution in [0.5, 0.6) is 0 Å². The molecule has 5 aromatic rings. The first-order valence-corrected chi connectivity index (χ1v) is 10.1. The second-order valence-corrected chi connectivity index (χ2v) is 7.41. The first-order chi connectivity index (χ1) is 15.9. The van der Waals surface area contributed by atoms with Gasteiger partial charge in [0.05, 0.1) is 42.9 Å². The molecule has 5 rings (SSSR count). The van der Waals surface area contributed by atoms with E-state index in [2.05, 4.69) is 20.0 Å². The van der Waals surface area contributed by atoms with E-state index >= 15 is 0 Å². The molecule has 1 N–H and O–H groups in total. The van der Waals surface area contributed by atoms with Crippen LogP contribution in [0.2, 0.25) is 0 Å². The maximum absolute atomic E-state index is 12.7. The monoisotopic (exact) mass is 446 g/mol. The second kappa shape index (κ2) is 8.95. The first-order valence-electron chi connectivity index (χ1n) is 10.1. The molecule has 168 valence electrons. The summed E-state index contributed by atoms with van der Waals surface area (Å²) in [5, 5.41) is 15.3. The van der Waals surface area contributed by atoms with Crippen LogP contribution in [0, 0.1) is 13.8 Å². The third-order valence-corrected chi connectivity index (χ3v) is 5.43. The molecule has 1 amide bonds. The number of amides is 1. The van der Waals surface area contributed by atoms with Crippen molar-refractivity contribution in [2.75, 3.05) is 0 Å². The van der Waals surface area contributed by atoms with E-state index in [4.69, 9.17) is 14.4 Å². The molecule has 10 nitrogen and oxygen atoms in total. The van der Waals surface area contributed by atoms with Crippen molar-refractivity contribution < 1.29 is 23.8 Å². The summed E-state index contributed by atoms with van der Waals surface area (Å²) in [7, 11) is 1.99. The van der Waals surface area contributed by atoms with Gasteiger partial charge in [0.1, 0.15) is 17.6 Å². The van der Waals surface area contributed by atoms with Crippen LogP contribution in [0.4, 0.5) is 0 Å². The summed E-state index contributed by atoms with van der Waals surface area (Å²) >= 11 is 0. The van der Waals surface area contributed by atoms with Crippen molar-refractivity contribution in [1.29, 1.82) is 0 Å². The maximum Gasteiger partial charge on any atom is 0.286 e. The zero-order valence-electron chi connectivity index (χ0n) is 18.3. The highest BCUT2D eigenvalue weighted by Gasteiger charge is 2.18. The molecule has 0 atom stereocenters. The Morgan fingerprint density at radius 2 is 2.06 bits per heavy atom. The number of imidazole rings is 2. The molecule has 33 heavy (non-hydrogen) atoms. The summed E-state index contributed by atoms with van der Waals surface area (Å²) in [5.74, 6) is 0.596. The fourth-order valence-electron chi connectivity index (χ4n) is 3.83. The Labute approximate surface area is 188 Å². The summed E-state index contributed by atoms with van der Waals surface area (Å²) < 4.78 is 11.3. The molecule has 5 aromatic heterocycles. The Kier molecular flexibility index (Phi) is 5.90. The predicted octanol–water partition coefficient (Wildman–Crippen LogP) is 0.979. The van der Waals surface area contributed by atoms with E-state index in [1.807, 2.05) is 66.5 Å². The topological polar surface area (TPSA) is 121 Å². The van der Waals surface area contributed by atoms with Gasteiger partial charge in [0.15, 0.2) is 5.69 Å². The number of pyridine rings is 2. The van der Waals surface area contributed by atoms with Gasteiger partial charge in [0.2, 0.25) is 0 Å². The molecule has 0 spiro atoms.